The third kappa shape index (κ3) is 11.6. The summed E-state index contributed by atoms with van der Waals surface area (Å²) >= 11 is 1.71. The average molecular weight is 578 g/mol. The SMILES string of the molecule is CCCCCCCCCCCCCCOc1cc(C(C)(C)C)ccc1CC(=O)Nc1ccc(-c2scc[n+]2C)cc1. The molecular formula is C36H53N2O2S+. The van der Waals surface area contributed by atoms with Crippen LogP contribution in [0.25, 0.3) is 10.6 Å². The highest BCUT2D eigenvalue weighted by Gasteiger charge is 2.18. The maximum atomic E-state index is 13.0. The number of rotatable bonds is 18. The molecule has 3 aromatic rings. The van der Waals surface area contributed by atoms with Gasteiger partial charge in [-0.15, -0.1) is 0 Å². The number of thiazole rings is 1. The molecule has 0 radical (unpaired) electrons. The van der Waals surface area contributed by atoms with E-state index in [0.29, 0.717) is 13.0 Å². The minimum atomic E-state index is -0.0295. The lowest BCUT2D eigenvalue weighted by atomic mass is 9.86. The van der Waals surface area contributed by atoms with Gasteiger partial charge in [-0.1, -0.05) is 122 Å². The Morgan fingerprint density at radius 3 is 2.02 bits per heavy atom. The molecule has 0 atom stereocenters. The molecule has 3 rings (SSSR count). The number of aromatic nitrogens is 1. The van der Waals surface area contributed by atoms with Gasteiger partial charge in [0.05, 0.1) is 24.0 Å². The van der Waals surface area contributed by atoms with Crippen LogP contribution in [0.5, 0.6) is 5.75 Å². The van der Waals surface area contributed by atoms with Crippen LogP contribution in [0.3, 0.4) is 0 Å². The molecule has 0 saturated heterocycles. The lowest BCUT2D eigenvalue weighted by molar-refractivity contribution is -0.655. The van der Waals surface area contributed by atoms with E-state index in [1.165, 1.54) is 81.2 Å². The molecule has 0 aliphatic heterocycles. The first-order chi connectivity index (χ1) is 19.8. The Kier molecular flexibility index (Phi) is 13.9. The molecule has 0 aliphatic carbocycles. The molecule has 2 aromatic carbocycles. The van der Waals surface area contributed by atoms with Gasteiger partial charge in [0.15, 0.2) is 6.20 Å². The van der Waals surface area contributed by atoms with Gasteiger partial charge in [0, 0.05) is 11.3 Å². The second-order valence-corrected chi connectivity index (χ2v) is 13.3. The predicted molar refractivity (Wildman–Crippen MR) is 175 cm³/mol. The van der Waals surface area contributed by atoms with Gasteiger partial charge < -0.3 is 10.1 Å². The van der Waals surface area contributed by atoms with Crippen LogP contribution in [0.2, 0.25) is 0 Å². The van der Waals surface area contributed by atoms with Crippen molar-refractivity contribution in [3.05, 3.63) is 65.2 Å². The van der Waals surface area contributed by atoms with Gasteiger partial charge in [-0.05, 0) is 47.7 Å². The first-order valence-electron chi connectivity index (χ1n) is 15.9. The molecule has 1 aromatic heterocycles. The average Bonchev–Trinajstić information content (AvgIpc) is 3.37. The largest absolute Gasteiger partial charge is 0.493 e. The molecule has 1 amide bonds. The van der Waals surface area contributed by atoms with Crippen LogP contribution in [-0.2, 0) is 23.7 Å². The molecule has 4 nitrogen and oxygen atoms in total. The summed E-state index contributed by atoms with van der Waals surface area (Å²) in [5.41, 5.74) is 4.14. The van der Waals surface area contributed by atoms with E-state index in [2.05, 4.69) is 79.5 Å². The van der Waals surface area contributed by atoms with E-state index < -0.39 is 0 Å². The Balaban J connectivity index is 1.45. The first-order valence-corrected chi connectivity index (χ1v) is 16.8. The molecule has 1 heterocycles. The molecule has 0 bridgehead atoms. The Morgan fingerprint density at radius 1 is 0.854 bits per heavy atom. The number of carbonyl (C=O) groups is 1. The van der Waals surface area contributed by atoms with E-state index in [4.69, 9.17) is 4.74 Å². The van der Waals surface area contributed by atoms with Crippen molar-refractivity contribution in [1.82, 2.24) is 0 Å². The van der Waals surface area contributed by atoms with Crippen LogP contribution in [0.15, 0.2) is 54.0 Å². The van der Waals surface area contributed by atoms with E-state index in [-0.39, 0.29) is 11.3 Å². The van der Waals surface area contributed by atoms with Crippen molar-refractivity contribution in [2.45, 2.75) is 117 Å². The van der Waals surface area contributed by atoms with Gasteiger partial charge in [0.2, 0.25) is 5.91 Å². The summed E-state index contributed by atoms with van der Waals surface area (Å²) in [6.07, 6.45) is 18.3. The molecular weight excluding hydrogens is 524 g/mol. The van der Waals surface area contributed by atoms with Crippen molar-refractivity contribution in [2.75, 3.05) is 11.9 Å². The van der Waals surface area contributed by atoms with E-state index in [9.17, 15) is 4.79 Å². The smallest absolute Gasteiger partial charge is 0.268 e. The van der Waals surface area contributed by atoms with Gasteiger partial charge >= 0.3 is 0 Å². The third-order valence-electron chi connectivity index (χ3n) is 7.74. The number of nitrogens with zero attached hydrogens (tertiary/aromatic N) is 1. The summed E-state index contributed by atoms with van der Waals surface area (Å²) in [6.45, 7) is 9.61. The number of anilines is 1. The van der Waals surface area contributed by atoms with Crippen molar-refractivity contribution >= 4 is 22.9 Å². The maximum Gasteiger partial charge on any atom is 0.268 e. The fourth-order valence-corrected chi connectivity index (χ4v) is 5.98. The molecule has 41 heavy (non-hydrogen) atoms. The summed E-state index contributed by atoms with van der Waals surface area (Å²) in [5, 5.41) is 6.34. The highest BCUT2D eigenvalue weighted by atomic mass is 32.1. The van der Waals surface area contributed by atoms with Crippen molar-refractivity contribution < 1.29 is 14.1 Å². The van der Waals surface area contributed by atoms with Crippen LogP contribution < -0.4 is 14.6 Å². The van der Waals surface area contributed by atoms with E-state index in [1.54, 1.807) is 11.3 Å². The number of hydrogen-bond acceptors (Lipinski definition) is 3. The summed E-state index contributed by atoms with van der Waals surface area (Å²) in [4.78, 5) is 13.0. The minimum absolute atomic E-state index is 0.0237. The number of aryl methyl sites for hydroxylation is 1. The van der Waals surface area contributed by atoms with E-state index in [0.717, 1.165) is 29.0 Å². The van der Waals surface area contributed by atoms with Gasteiger partial charge in [-0.2, -0.15) is 4.57 Å². The van der Waals surface area contributed by atoms with Gasteiger partial charge in [0.25, 0.3) is 5.01 Å². The lowest BCUT2D eigenvalue weighted by Gasteiger charge is -2.21. The maximum absolute atomic E-state index is 13.0. The van der Waals surface area contributed by atoms with Crippen LogP contribution in [0, 0.1) is 0 Å². The number of ether oxygens (including phenoxy) is 1. The predicted octanol–water partition coefficient (Wildman–Crippen LogP) is 9.80. The van der Waals surface area contributed by atoms with E-state index in [1.807, 2.05) is 19.2 Å². The highest BCUT2D eigenvalue weighted by molar-refractivity contribution is 7.12. The Labute approximate surface area is 253 Å². The molecule has 0 spiro atoms. The van der Waals surface area contributed by atoms with E-state index >= 15 is 0 Å². The number of carbonyl (C=O) groups excluding carboxylic acids is 1. The number of amides is 1. The fourth-order valence-electron chi connectivity index (χ4n) is 5.11. The van der Waals surface area contributed by atoms with Crippen molar-refractivity contribution in [3.63, 3.8) is 0 Å². The monoisotopic (exact) mass is 577 g/mol. The topological polar surface area (TPSA) is 42.2 Å². The molecule has 0 aliphatic rings. The van der Waals surface area contributed by atoms with Crippen LogP contribution >= 0.6 is 11.3 Å². The second-order valence-electron chi connectivity index (χ2n) is 12.4. The van der Waals surface area contributed by atoms with Crippen molar-refractivity contribution in [3.8, 4) is 16.3 Å². The zero-order valence-electron chi connectivity index (χ0n) is 26.3. The Bertz CT molecular complexity index is 1180. The number of hydrogen-bond donors (Lipinski definition) is 1. The fraction of sp³-hybridized carbons (Fsp3) is 0.556. The standard InChI is InChI=1S/C36H52N2O2S/c1-6-7-8-9-10-11-12-13-14-15-16-17-25-40-33-28-31(36(2,3)4)21-18-30(33)27-34(39)37-32-22-19-29(20-23-32)35-38(5)24-26-41-35/h18-24,26,28H,6-17,25,27H2,1-5H3/p+1. The zero-order chi connectivity index (χ0) is 29.5. The van der Waals surface area contributed by atoms with Crippen molar-refractivity contribution in [1.29, 1.82) is 0 Å². The summed E-state index contributed by atoms with van der Waals surface area (Å²) in [5.74, 6) is 0.814. The third-order valence-corrected chi connectivity index (χ3v) is 8.74. The second kappa shape index (κ2) is 17.3. The lowest BCUT2D eigenvalue weighted by Crippen LogP contribution is -2.26. The highest BCUT2D eigenvalue weighted by Crippen LogP contribution is 2.30. The molecule has 1 N–H and O–H groups in total. The Morgan fingerprint density at radius 2 is 1.46 bits per heavy atom. The normalized spacial score (nSPS) is 11.5. The Hall–Kier alpha value is -2.66. The number of benzene rings is 2. The zero-order valence-corrected chi connectivity index (χ0v) is 27.1. The summed E-state index contributed by atoms with van der Waals surface area (Å²) in [6, 6.07) is 14.4. The number of nitrogens with one attached hydrogen (secondary N) is 1. The summed E-state index contributed by atoms with van der Waals surface area (Å²) < 4.78 is 8.41. The van der Waals surface area contributed by atoms with Gasteiger partial charge in [-0.25, -0.2) is 0 Å². The summed E-state index contributed by atoms with van der Waals surface area (Å²) in [7, 11) is 2.05. The molecule has 224 valence electrons. The van der Waals surface area contributed by atoms with Crippen LogP contribution in [-0.4, -0.2) is 12.5 Å². The minimum Gasteiger partial charge on any atom is -0.493 e. The molecule has 0 unspecified atom stereocenters. The van der Waals surface area contributed by atoms with Crippen molar-refractivity contribution in [2.24, 2.45) is 7.05 Å². The van der Waals surface area contributed by atoms with Gasteiger partial charge in [-0.3, -0.25) is 4.79 Å². The van der Waals surface area contributed by atoms with Crippen LogP contribution in [0.4, 0.5) is 5.69 Å². The van der Waals surface area contributed by atoms with Crippen LogP contribution in [0.1, 0.15) is 116 Å². The molecule has 5 heteroatoms. The quantitative estimate of drug-likeness (QED) is 0.121. The van der Waals surface area contributed by atoms with Gasteiger partial charge in [0.1, 0.15) is 12.8 Å². The molecule has 0 fully saturated rings. The first kappa shape index (κ1) is 32.8. The number of unbranched alkanes of at least 4 members (excludes halogenated alkanes) is 11. The molecule has 0 saturated carbocycles.